The molecule has 0 amide bonds. The minimum atomic E-state index is 0.119. The van der Waals surface area contributed by atoms with E-state index in [2.05, 4.69) is 5.32 Å². The molecule has 0 atom stereocenters. The zero-order valence-electron chi connectivity index (χ0n) is 8.53. The highest BCUT2D eigenvalue weighted by molar-refractivity contribution is 5.54. The quantitative estimate of drug-likeness (QED) is 0.786. The van der Waals surface area contributed by atoms with Crippen LogP contribution in [0, 0.1) is 0 Å². The molecule has 0 fully saturated rings. The maximum Gasteiger partial charge on any atom is 0.163 e. The second-order valence-electron chi connectivity index (χ2n) is 3.36. The standard InChI is InChI=1S/C11H15NO3/c13-5-4-12-9-2-3-10-11(8-9)15-7-1-6-14-10/h2-3,8,12-13H,1,4-7H2. The summed E-state index contributed by atoms with van der Waals surface area (Å²) >= 11 is 0. The maximum absolute atomic E-state index is 8.69. The lowest BCUT2D eigenvalue weighted by Gasteiger charge is -2.10. The lowest BCUT2D eigenvalue weighted by Crippen LogP contribution is -2.05. The summed E-state index contributed by atoms with van der Waals surface area (Å²) in [6, 6.07) is 5.71. The Kier molecular flexibility index (Phi) is 3.29. The van der Waals surface area contributed by atoms with Crippen molar-refractivity contribution in [3.63, 3.8) is 0 Å². The van der Waals surface area contributed by atoms with Crippen LogP contribution >= 0.6 is 0 Å². The summed E-state index contributed by atoms with van der Waals surface area (Å²) < 4.78 is 11.0. The van der Waals surface area contributed by atoms with Gasteiger partial charge in [-0.15, -0.1) is 0 Å². The molecule has 0 bridgehead atoms. The van der Waals surface area contributed by atoms with Crippen LogP contribution < -0.4 is 14.8 Å². The second kappa shape index (κ2) is 4.89. The van der Waals surface area contributed by atoms with E-state index in [4.69, 9.17) is 14.6 Å². The van der Waals surface area contributed by atoms with Gasteiger partial charge >= 0.3 is 0 Å². The maximum atomic E-state index is 8.69. The summed E-state index contributed by atoms with van der Waals surface area (Å²) in [4.78, 5) is 0. The smallest absolute Gasteiger partial charge is 0.163 e. The van der Waals surface area contributed by atoms with Gasteiger partial charge in [0.1, 0.15) is 0 Å². The third kappa shape index (κ3) is 2.53. The Labute approximate surface area is 88.8 Å². The number of benzene rings is 1. The van der Waals surface area contributed by atoms with Crippen molar-refractivity contribution in [1.82, 2.24) is 0 Å². The van der Waals surface area contributed by atoms with Crippen LogP contribution in [0.1, 0.15) is 6.42 Å². The van der Waals surface area contributed by atoms with E-state index < -0.39 is 0 Å². The van der Waals surface area contributed by atoms with Gasteiger partial charge in [0.2, 0.25) is 0 Å². The average Bonchev–Trinajstić information content (AvgIpc) is 2.50. The zero-order chi connectivity index (χ0) is 10.5. The van der Waals surface area contributed by atoms with Crippen LogP contribution in [0.3, 0.4) is 0 Å². The van der Waals surface area contributed by atoms with Crippen LogP contribution in [-0.4, -0.2) is 31.5 Å². The molecule has 4 nitrogen and oxygen atoms in total. The largest absolute Gasteiger partial charge is 0.490 e. The third-order valence-corrected chi connectivity index (χ3v) is 2.19. The average molecular weight is 209 g/mol. The molecular formula is C11H15NO3. The lowest BCUT2D eigenvalue weighted by atomic mass is 10.2. The number of rotatable bonds is 3. The van der Waals surface area contributed by atoms with Gasteiger partial charge in [-0.05, 0) is 12.1 Å². The summed E-state index contributed by atoms with van der Waals surface area (Å²) in [6.45, 7) is 2.06. The van der Waals surface area contributed by atoms with Crippen molar-refractivity contribution in [1.29, 1.82) is 0 Å². The summed E-state index contributed by atoms with van der Waals surface area (Å²) in [7, 11) is 0. The first kappa shape index (κ1) is 10.1. The van der Waals surface area contributed by atoms with E-state index in [1.807, 2.05) is 18.2 Å². The second-order valence-corrected chi connectivity index (χ2v) is 3.36. The molecule has 0 spiro atoms. The normalized spacial score (nSPS) is 14.5. The van der Waals surface area contributed by atoms with E-state index in [1.165, 1.54) is 0 Å². The van der Waals surface area contributed by atoms with Crippen molar-refractivity contribution in [2.24, 2.45) is 0 Å². The van der Waals surface area contributed by atoms with Crippen molar-refractivity contribution >= 4 is 5.69 Å². The minimum absolute atomic E-state index is 0.119. The van der Waals surface area contributed by atoms with Gasteiger partial charge in [0, 0.05) is 24.7 Å². The Morgan fingerprint density at radius 2 is 2.00 bits per heavy atom. The molecular weight excluding hydrogens is 194 g/mol. The zero-order valence-corrected chi connectivity index (χ0v) is 8.53. The molecule has 82 valence electrons. The molecule has 4 heteroatoms. The van der Waals surface area contributed by atoms with Gasteiger partial charge in [-0.1, -0.05) is 0 Å². The lowest BCUT2D eigenvalue weighted by molar-refractivity contribution is 0.297. The highest BCUT2D eigenvalue weighted by atomic mass is 16.5. The first-order chi connectivity index (χ1) is 7.40. The minimum Gasteiger partial charge on any atom is -0.490 e. The van der Waals surface area contributed by atoms with Gasteiger partial charge in [0.15, 0.2) is 11.5 Å². The Hall–Kier alpha value is -1.42. The van der Waals surface area contributed by atoms with Crippen LogP contribution in [0.2, 0.25) is 0 Å². The Balaban J connectivity index is 2.13. The van der Waals surface area contributed by atoms with E-state index in [0.717, 1.165) is 23.6 Å². The van der Waals surface area contributed by atoms with Gasteiger partial charge in [0.25, 0.3) is 0 Å². The van der Waals surface area contributed by atoms with Gasteiger partial charge in [-0.3, -0.25) is 0 Å². The summed E-state index contributed by atoms with van der Waals surface area (Å²) in [6.07, 6.45) is 0.911. The van der Waals surface area contributed by atoms with Crippen molar-refractivity contribution in [2.75, 3.05) is 31.7 Å². The fourth-order valence-corrected chi connectivity index (χ4v) is 1.47. The van der Waals surface area contributed by atoms with Crippen molar-refractivity contribution < 1.29 is 14.6 Å². The monoisotopic (exact) mass is 209 g/mol. The van der Waals surface area contributed by atoms with Crippen LogP contribution in [0.5, 0.6) is 11.5 Å². The molecule has 1 aliphatic rings. The highest BCUT2D eigenvalue weighted by Crippen LogP contribution is 2.32. The molecule has 15 heavy (non-hydrogen) atoms. The first-order valence-electron chi connectivity index (χ1n) is 5.14. The summed E-state index contributed by atoms with van der Waals surface area (Å²) in [5, 5.41) is 11.8. The highest BCUT2D eigenvalue weighted by Gasteiger charge is 2.09. The molecule has 2 N–H and O–H groups in total. The van der Waals surface area contributed by atoms with Crippen LogP contribution in [0.4, 0.5) is 5.69 Å². The number of nitrogens with one attached hydrogen (secondary N) is 1. The fourth-order valence-electron chi connectivity index (χ4n) is 1.47. The van der Waals surface area contributed by atoms with E-state index in [1.54, 1.807) is 0 Å². The van der Waals surface area contributed by atoms with Crippen molar-refractivity contribution in [3.05, 3.63) is 18.2 Å². The topological polar surface area (TPSA) is 50.7 Å². The van der Waals surface area contributed by atoms with Gasteiger partial charge < -0.3 is 19.9 Å². The van der Waals surface area contributed by atoms with Crippen molar-refractivity contribution in [2.45, 2.75) is 6.42 Å². The van der Waals surface area contributed by atoms with Gasteiger partial charge in [-0.2, -0.15) is 0 Å². The number of anilines is 1. The predicted molar refractivity (Wildman–Crippen MR) is 57.6 cm³/mol. The molecule has 0 saturated carbocycles. The Bertz CT molecular complexity index is 328. The number of hydrogen-bond acceptors (Lipinski definition) is 4. The summed E-state index contributed by atoms with van der Waals surface area (Å²) in [5.41, 5.74) is 0.938. The molecule has 0 aliphatic carbocycles. The van der Waals surface area contributed by atoms with E-state index >= 15 is 0 Å². The van der Waals surface area contributed by atoms with Crippen molar-refractivity contribution in [3.8, 4) is 11.5 Å². The van der Waals surface area contributed by atoms with Crippen LogP contribution in [0.15, 0.2) is 18.2 Å². The molecule has 1 aromatic rings. The molecule has 1 aromatic carbocycles. The number of ether oxygens (including phenoxy) is 2. The predicted octanol–water partition coefficient (Wildman–Crippen LogP) is 1.25. The van der Waals surface area contributed by atoms with Gasteiger partial charge in [0.05, 0.1) is 19.8 Å². The molecule has 0 aromatic heterocycles. The van der Waals surface area contributed by atoms with E-state index in [0.29, 0.717) is 19.8 Å². The first-order valence-corrected chi connectivity index (χ1v) is 5.14. The molecule has 2 rings (SSSR count). The third-order valence-electron chi connectivity index (χ3n) is 2.19. The van der Waals surface area contributed by atoms with Crippen LogP contribution in [0.25, 0.3) is 0 Å². The SMILES string of the molecule is OCCNc1ccc2c(c1)OCCCO2. The number of fused-ring (bicyclic) bond motifs is 1. The van der Waals surface area contributed by atoms with E-state index in [-0.39, 0.29) is 6.61 Å². The van der Waals surface area contributed by atoms with Gasteiger partial charge in [-0.25, -0.2) is 0 Å². The molecule has 1 heterocycles. The number of aliphatic hydroxyl groups is 1. The van der Waals surface area contributed by atoms with E-state index in [9.17, 15) is 0 Å². The molecule has 1 aliphatic heterocycles. The van der Waals surface area contributed by atoms with Crippen LogP contribution in [-0.2, 0) is 0 Å². The fraction of sp³-hybridized carbons (Fsp3) is 0.455. The Morgan fingerprint density at radius 1 is 1.20 bits per heavy atom. The molecule has 0 radical (unpaired) electrons. The Morgan fingerprint density at radius 3 is 2.80 bits per heavy atom. The number of hydrogen-bond donors (Lipinski definition) is 2. The molecule has 0 unspecified atom stereocenters. The molecule has 0 saturated heterocycles. The number of aliphatic hydroxyl groups excluding tert-OH is 1. The summed E-state index contributed by atoms with van der Waals surface area (Å²) in [5.74, 6) is 1.57.